The zero-order valence-electron chi connectivity index (χ0n) is 7.05. The van der Waals surface area contributed by atoms with Gasteiger partial charge < -0.3 is 4.74 Å². The molecular formula is C8H14N2O. The van der Waals surface area contributed by atoms with Crippen LogP contribution in [0.25, 0.3) is 0 Å². The van der Waals surface area contributed by atoms with Crippen LogP contribution in [0.5, 0.6) is 0 Å². The Labute approximate surface area is 67.3 Å². The summed E-state index contributed by atoms with van der Waals surface area (Å²) in [6, 6.07) is 2.40. The van der Waals surface area contributed by atoms with Crippen LogP contribution in [0.15, 0.2) is 0 Å². The summed E-state index contributed by atoms with van der Waals surface area (Å²) >= 11 is 0. The first-order chi connectivity index (χ1) is 5.17. The Balaban J connectivity index is 2.40. The third-order valence-corrected chi connectivity index (χ3v) is 2.15. The minimum Gasteiger partial charge on any atom is -0.374 e. The van der Waals surface area contributed by atoms with Crippen molar-refractivity contribution in [3.05, 3.63) is 0 Å². The van der Waals surface area contributed by atoms with Gasteiger partial charge in [-0.2, -0.15) is 5.26 Å². The van der Waals surface area contributed by atoms with Gasteiger partial charge in [-0.1, -0.05) is 0 Å². The summed E-state index contributed by atoms with van der Waals surface area (Å²) < 4.78 is 5.48. The van der Waals surface area contributed by atoms with Gasteiger partial charge in [0, 0.05) is 12.6 Å². The number of ether oxygens (including phenoxy) is 1. The molecule has 1 saturated heterocycles. The van der Waals surface area contributed by atoms with E-state index in [0.29, 0.717) is 12.6 Å². The normalized spacial score (nSPS) is 28.3. The molecule has 1 N–H and O–H groups in total. The highest BCUT2D eigenvalue weighted by molar-refractivity contribution is 4.92. The van der Waals surface area contributed by atoms with Crippen molar-refractivity contribution in [2.24, 2.45) is 0 Å². The molecule has 1 unspecified atom stereocenters. The van der Waals surface area contributed by atoms with E-state index in [4.69, 9.17) is 10.00 Å². The van der Waals surface area contributed by atoms with Gasteiger partial charge in [0.25, 0.3) is 0 Å². The van der Waals surface area contributed by atoms with Crippen molar-refractivity contribution < 1.29 is 4.74 Å². The summed E-state index contributed by atoms with van der Waals surface area (Å²) in [5, 5.41) is 11.5. The quantitative estimate of drug-likeness (QED) is 0.594. The first-order valence-corrected chi connectivity index (χ1v) is 3.91. The van der Waals surface area contributed by atoms with E-state index in [2.05, 4.69) is 25.2 Å². The van der Waals surface area contributed by atoms with E-state index < -0.39 is 0 Å². The molecule has 0 aliphatic carbocycles. The maximum Gasteiger partial charge on any atom is 0.0844 e. The molecular weight excluding hydrogens is 140 g/mol. The van der Waals surface area contributed by atoms with Crippen LogP contribution < -0.4 is 5.32 Å². The number of nitrogens with one attached hydrogen (secondary N) is 1. The largest absolute Gasteiger partial charge is 0.374 e. The molecule has 3 heteroatoms. The van der Waals surface area contributed by atoms with Gasteiger partial charge >= 0.3 is 0 Å². The van der Waals surface area contributed by atoms with Gasteiger partial charge in [0.1, 0.15) is 0 Å². The van der Waals surface area contributed by atoms with Gasteiger partial charge in [0.15, 0.2) is 0 Å². The highest BCUT2D eigenvalue weighted by atomic mass is 16.5. The molecule has 0 spiro atoms. The first kappa shape index (κ1) is 8.51. The molecule has 0 bridgehead atoms. The van der Waals surface area contributed by atoms with Crippen molar-refractivity contribution in [3.8, 4) is 6.07 Å². The summed E-state index contributed by atoms with van der Waals surface area (Å²) in [5.41, 5.74) is -0.100. The molecule has 62 valence electrons. The Morgan fingerprint density at radius 1 is 1.73 bits per heavy atom. The topological polar surface area (TPSA) is 45.0 Å². The zero-order chi connectivity index (χ0) is 8.32. The Hall–Kier alpha value is -0.590. The molecule has 1 aliphatic heterocycles. The number of hydrogen-bond donors (Lipinski definition) is 1. The smallest absolute Gasteiger partial charge is 0.0844 e. The maximum absolute atomic E-state index is 8.34. The fourth-order valence-corrected chi connectivity index (χ4v) is 1.40. The van der Waals surface area contributed by atoms with Crippen LogP contribution >= 0.6 is 0 Å². The van der Waals surface area contributed by atoms with Gasteiger partial charge in [-0.15, -0.1) is 0 Å². The Bertz CT molecular complexity index is 171. The van der Waals surface area contributed by atoms with Crippen molar-refractivity contribution in [2.45, 2.75) is 31.9 Å². The van der Waals surface area contributed by atoms with Crippen molar-refractivity contribution in [2.75, 3.05) is 13.2 Å². The van der Waals surface area contributed by atoms with Crippen LogP contribution in [-0.4, -0.2) is 24.8 Å². The number of nitrogens with zero attached hydrogens (tertiary/aromatic N) is 1. The van der Waals surface area contributed by atoms with E-state index >= 15 is 0 Å². The zero-order valence-corrected chi connectivity index (χ0v) is 7.05. The molecule has 1 atom stereocenters. The van der Waals surface area contributed by atoms with Crippen molar-refractivity contribution in [1.82, 2.24) is 5.32 Å². The van der Waals surface area contributed by atoms with Crippen LogP contribution in [0, 0.1) is 11.3 Å². The molecule has 1 fully saturated rings. The highest BCUT2D eigenvalue weighted by Gasteiger charge is 2.34. The lowest BCUT2D eigenvalue weighted by Gasteiger charge is -2.25. The van der Waals surface area contributed by atoms with E-state index in [9.17, 15) is 0 Å². The molecule has 1 heterocycles. The molecule has 0 aromatic heterocycles. The lowest BCUT2D eigenvalue weighted by Crippen LogP contribution is -2.43. The minimum absolute atomic E-state index is 0.100. The molecule has 0 saturated carbocycles. The average Bonchev–Trinajstić information content (AvgIpc) is 2.25. The molecule has 3 nitrogen and oxygen atoms in total. The predicted octanol–water partition coefficient (Wildman–Crippen LogP) is 0.667. The van der Waals surface area contributed by atoms with Gasteiger partial charge in [-0.25, -0.2) is 0 Å². The summed E-state index contributed by atoms with van der Waals surface area (Å²) in [6.07, 6.45) is 1.01. The standard InChI is InChI=1S/C8H14N2O/c1-8(2)7(3-6-11-8)10-5-4-9/h7,10H,3,5-6H2,1-2H3. The lowest BCUT2D eigenvalue weighted by molar-refractivity contribution is 0.0224. The summed E-state index contributed by atoms with van der Waals surface area (Å²) in [6.45, 7) is 5.32. The van der Waals surface area contributed by atoms with Gasteiger partial charge in [-0.05, 0) is 20.3 Å². The fraction of sp³-hybridized carbons (Fsp3) is 0.875. The van der Waals surface area contributed by atoms with E-state index in [1.54, 1.807) is 0 Å². The van der Waals surface area contributed by atoms with Crippen LogP contribution in [0.2, 0.25) is 0 Å². The summed E-state index contributed by atoms with van der Waals surface area (Å²) in [7, 11) is 0. The molecule has 1 aliphatic rings. The first-order valence-electron chi connectivity index (χ1n) is 3.91. The van der Waals surface area contributed by atoms with E-state index in [1.165, 1.54) is 0 Å². The van der Waals surface area contributed by atoms with Crippen LogP contribution in [0.4, 0.5) is 0 Å². The minimum atomic E-state index is -0.100. The van der Waals surface area contributed by atoms with E-state index in [1.807, 2.05) is 0 Å². The molecule has 0 aromatic carbocycles. The molecule has 11 heavy (non-hydrogen) atoms. The second-order valence-corrected chi connectivity index (χ2v) is 3.33. The molecule has 1 rings (SSSR count). The van der Waals surface area contributed by atoms with Gasteiger partial charge in [0.2, 0.25) is 0 Å². The average molecular weight is 154 g/mol. The third-order valence-electron chi connectivity index (χ3n) is 2.15. The van der Waals surface area contributed by atoms with Crippen LogP contribution in [0.1, 0.15) is 20.3 Å². The number of hydrogen-bond acceptors (Lipinski definition) is 3. The fourth-order valence-electron chi connectivity index (χ4n) is 1.40. The summed E-state index contributed by atoms with van der Waals surface area (Å²) in [4.78, 5) is 0. The van der Waals surface area contributed by atoms with E-state index in [-0.39, 0.29) is 5.60 Å². The van der Waals surface area contributed by atoms with Crippen molar-refractivity contribution in [1.29, 1.82) is 5.26 Å². The van der Waals surface area contributed by atoms with Crippen molar-refractivity contribution in [3.63, 3.8) is 0 Å². The maximum atomic E-state index is 8.34. The molecule has 0 amide bonds. The van der Waals surface area contributed by atoms with E-state index in [0.717, 1.165) is 13.0 Å². The highest BCUT2D eigenvalue weighted by Crippen LogP contribution is 2.24. The van der Waals surface area contributed by atoms with Crippen LogP contribution in [0.3, 0.4) is 0 Å². The monoisotopic (exact) mass is 154 g/mol. The number of nitriles is 1. The second kappa shape index (κ2) is 3.21. The Morgan fingerprint density at radius 3 is 2.91 bits per heavy atom. The SMILES string of the molecule is CC1(C)OCCC1NCC#N. The van der Waals surface area contributed by atoms with Gasteiger partial charge in [-0.3, -0.25) is 5.32 Å². The summed E-state index contributed by atoms with van der Waals surface area (Å²) in [5.74, 6) is 0. The molecule has 0 radical (unpaired) electrons. The van der Waals surface area contributed by atoms with Crippen LogP contribution in [-0.2, 0) is 4.74 Å². The van der Waals surface area contributed by atoms with Crippen molar-refractivity contribution >= 4 is 0 Å². The Morgan fingerprint density at radius 2 is 2.45 bits per heavy atom. The molecule has 0 aromatic rings. The third kappa shape index (κ3) is 1.92. The Kier molecular flexibility index (Phi) is 2.48. The van der Waals surface area contributed by atoms with Gasteiger partial charge in [0.05, 0.1) is 18.2 Å². The lowest BCUT2D eigenvalue weighted by atomic mass is 9.99. The second-order valence-electron chi connectivity index (χ2n) is 3.33. The number of rotatable bonds is 2. The predicted molar refractivity (Wildman–Crippen MR) is 42.1 cm³/mol.